The standard InChI is InChI=1S/C16H30N2O4S/c1-5-6-10-18(13-8-11-23(21,22)12-13)14(19)7-9-17-15(20)16(2,3)4/h13H,5-12H2,1-4H3,(H,17,20). The van der Waals surface area contributed by atoms with E-state index in [0.29, 0.717) is 13.0 Å². The van der Waals surface area contributed by atoms with Crippen molar-refractivity contribution < 1.29 is 18.0 Å². The molecule has 134 valence electrons. The Balaban J connectivity index is 2.57. The second-order valence-electron chi connectivity index (χ2n) is 7.25. The summed E-state index contributed by atoms with van der Waals surface area (Å²) < 4.78 is 23.3. The monoisotopic (exact) mass is 346 g/mol. The minimum atomic E-state index is -3.02. The number of sulfone groups is 1. The molecule has 0 saturated carbocycles. The van der Waals surface area contributed by atoms with E-state index in [-0.39, 0.29) is 42.3 Å². The van der Waals surface area contributed by atoms with Gasteiger partial charge in [-0.3, -0.25) is 9.59 Å². The number of amides is 2. The van der Waals surface area contributed by atoms with Gasteiger partial charge < -0.3 is 10.2 Å². The maximum absolute atomic E-state index is 12.5. The summed E-state index contributed by atoms with van der Waals surface area (Å²) in [6.07, 6.45) is 2.54. The quantitative estimate of drug-likeness (QED) is 0.754. The van der Waals surface area contributed by atoms with E-state index in [1.165, 1.54) is 0 Å². The molecule has 1 rings (SSSR count). The fourth-order valence-corrected chi connectivity index (χ4v) is 4.28. The van der Waals surface area contributed by atoms with E-state index >= 15 is 0 Å². The molecule has 0 aromatic rings. The van der Waals surface area contributed by atoms with Crippen LogP contribution in [0.15, 0.2) is 0 Å². The summed E-state index contributed by atoms with van der Waals surface area (Å²) >= 11 is 0. The molecule has 1 aliphatic rings. The Bertz CT molecular complexity index is 523. The van der Waals surface area contributed by atoms with Crippen LogP contribution in [0.3, 0.4) is 0 Å². The molecule has 23 heavy (non-hydrogen) atoms. The molecule has 7 heteroatoms. The summed E-state index contributed by atoms with van der Waals surface area (Å²) in [7, 11) is -3.02. The van der Waals surface area contributed by atoms with Gasteiger partial charge in [0.05, 0.1) is 11.5 Å². The first kappa shape index (κ1) is 19.9. The van der Waals surface area contributed by atoms with Crippen molar-refractivity contribution in [1.82, 2.24) is 10.2 Å². The molecule has 1 N–H and O–H groups in total. The number of carbonyl (C=O) groups excluding carboxylic acids is 2. The third kappa shape index (κ3) is 6.49. The third-order valence-electron chi connectivity index (χ3n) is 4.03. The minimum Gasteiger partial charge on any atom is -0.355 e. The lowest BCUT2D eigenvalue weighted by Gasteiger charge is -2.28. The van der Waals surface area contributed by atoms with Crippen LogP contribution in [0.25, 0.3) is 0 Å². The van der Waals surface area contributed by atoms with Gasteiger partial charge in [-0.15, -0.1) is 0 Å². The van der Waals surface area contributed by atoms with E-state index < -0.39 is 15.3 Å². The van der Waals surface area contributed by atoms with E-state index in [2.05, 4.69) is 5.32 Å². The van der Waals surface area contributed by atoms with Crippen LogP contribution in [0.5, 0.6) is 0 Å². The van der Waals surface area contributed by atoms with Gasteiger partial charge in [0.2, 0.25) is 11.8 Å². The normalized spacial score (nSPS) is 20.3. The van der Waals surface area contributed by atoms with Gasteiger partial charge in [-0.25, -0.2) is 8.42 Å². The lowest BCUT2D eigenvalue weighted by Crippen LogP contribution is -2.43. The molecule has 0 radical (unpaired) electrons. The van der Waals surface area contributed by atoms with Crippen molar-refractivity contribution in [2.45, 2.75) is 59.4 Å². The van der Waals surface area contributed by atoms with Gasteiger partial charge in [0.25, 0.3) is 0 Å². The van der Waals surface area contributed by atoms with Crippen molar-refractivity contribution in [3.8, 4) is 0 Å². The molecule has 1 saturated heterocycles. The first-order chi connectivity index (χ1) is 10.6. The SMILES string of the molecule is CCCCN(C(=O)CCNC(=O)C(C)(C)C)C1CCS(=O)(=O)C1. The predicted molar refractivity (Wildman–Crippen MR) is 90.8 cm³/mol. The zero-order valence-electron chi connectivity index (χ0n) is 14.7. The summed E-state index contributed by atoms with van der Waals surface area (Å²) in [5.41, 5.74) is -0.482. The van der Waals surface area contributed by atoms with Crippen LogP contribution in [0.2, 0.25) is 0 Å². The highest BCUT2D eigenvalue weighted by molar-refractivity contribution is 7.91. The molecule has 1 heterocycles. The van der Waals surface area contributed by atoms with Gasteiger partial charge >= 0.3 is 0 Å². The maximum atomic E-state index is 12.5. The second-order valence-corrected chi connectivity index (χ2v) is 9.48. The third-order valence-corrected chi connectivity index (χ3v) is 5.78. The van der Waals surface area contributed by atoms with Crippen molar-refractivity contribution in [2.75, 3.05) is 24.6 Å². The van der Waals surface area contributed by atoms with E-state index in [4.69, 9.17) is 0 Å². The topological polar surface area (TPSA) is 83.6 Å². The summed E-state index contributed by atoms with van der Waals surface area (Å²) in [6, 6.07) is -0.211. The Morgan fingerprint density at radius 1 is 1.26 bits per heavy atom. The van der Waals surface area contributed by atoms with Crippen LogP contribution in [0.4, 0.5) is 0 Å². The molecule has 2 amide bonds. The average Bonchev–Trinajstić information content (AvgIpc) is 2.78. The van der Waals surface area contributed by atoms with Gasteiger partial charge in [-0.1, -0.05) is 34.1 Å². The van der Waals surface area contributed by atoms with Crippen molar-refractivity contribution >= 4 is 21.7 Å². The smallest absolute Gasteiger partial charge is 0.225 e. The fourth-order valence-electron chi connectivity index (χ4n) is 2.55. The van der Waals surface area contributed by atoms with Crippen molar-refractivity contribution in [2.24, 2.45) is 5.41 Å². The first-order valence-electron chi connectivity index (χ1n) is 8.35. The first-order valence-corrected chi connectivity index (χ1v) is 10.2. The number of unbranched alkanes of at least 4 members (excludes halogenated alkanes) is 1. The predicted octanol–water partition coefficient (Wildman–Crippen LogP) is 1.35. The molecule has 1 atom stereocenters. The molecule has 1 aliphatic heterocycles. The highest BCUT2D eigenvalue weighted by atomic mass is 32.2. The summed E-state index contributed by atoms with van der Waals surface area (Å²) in [4.78, 5) is 26.0. The Morgan fingerprint density at radius 3 is 2.39 bits per heavy atom. The number of carbonyl (C=O) groups is 2. The maximum Gasteiger partial charge on any atom is 0.225 e. The minimum absolute atomic E-state index is 0.0663. The van der Waals surface area contributed by atoms with Crippen LogP contribution in [-0.2, 0) is 19.4 Å². The Kier molecular flexibility index (Phi) is 7.04. The van der Waals surface area contributed by atoms with Crippen LogP contribution in [-0.4, -0.2) is 55.8 Å². The van der Waals surface area contributed by atoms with Gasteiger partial charge in [0.15, 0.2) is 9.84 Å². The summed E-state index contributed by atoms with van der Waals surface area (Å²) in [5.74, 6) is 0.0640. The zero-order chi connectivity index (χ0) is 17.7. The molecule has 1 fully saturated rings. The van der Waals surface area contributed by atoms with Crippen molar-refractivity contribution in [3.05, 3.63) is 0 Å². The van der Waals surface area contributed by atoms with Crippen molar-refractivity contribution in [3.63, 3.8) is 0 Å². The zero-order valence-corrected chi connectivity index (χ0v) is 15.5. The van der Waals surface area contributed by atoms with Crippen molar-refractivity contribution in [1.29, 1.82) is 0 Å². The van der Waals surface area contributed by atoms with E-state index in [1.807, 2.05) is 27.7 Å². The number of hydrogen-bond donors (Lipinski definition) is 1. The summed E-state index contributed by atoms with van der Waals surface area (Å²) in [6.45, 7) is 8.38. The lowest BCUT2D eigenvalue weighted by atomic mass is 9.96. The van der Waals surface area contributed by atoms with Crippen LogP contribution in [0, 0.1) is 5.41 Å². The van der Waals surface area contributed by atoms with Gasteiger partial charge in [0.1, 0.15) is 0 Å². The average molecular weight is 346 g/mol. The number of nitrogens with one attached hydrogen (secondary N) is 1. The highest BCUT2D eigenvalue weighted by Crippen LogP contribution is 2.19. The Labute approximate surface area is 139 Å². The number of hydrogen-bond acceptors (Lipinski definition) is 4. The highest BCUT2D eigenvalue weighted by Gasteiger charge is 2.34. The van der Waals surface area contributed by atoms with Crippen LogP contribution in [0.1, 0.15) is 53.4 Å². The number of rotatable bonds is 7. The number of nitrogens with zero attached hydrogens (tertiary/aromatic N) is 1. The lowest BCUT2D eigenvalue weighted by molar-refractivity contribution is -0.133. The van der Waals surface area contributed by atoms with Gasteiger partial charge in [-0.2, -0.15) is 0 Å². The fraction of sp³-hybridized carbons (Fsp3) is 0.875. The Morgan fingerprint density at radius 2 is 1.91 bits per heavy atom. The van der Waals surface area contributed by atoms with Gasteiger partial charge in [0, 0.05) is 31.0 Å². The van der Waals surface area contributed by atoms with Crippen LogP contribution >= 0.6 is 0 Å². The second kappa shape index (κ2) is 8.13. The molecule has 6 nitrogen and oxygen atoms in total. The molecule has 0 aromatic carbocycles. The molecule has 0 spiro atoms. The molecule has 0 aliphatic carbocycles. The largest absolute Gasteiger partial charge is 0.355 e. The molecular weight excluding hydrogens is 316 g/mol. The molecule has 0 bridgehead atoms. The van der Waals surface area contributed by atoms with E-state index in [0.717, 1.165) is 12.8 Å². The van der Waals surface area contributed by atoms with E-state index in [9.17, 15) is 18.0 Å². The molecule has 1 unspecified atom stereocenters. The van der Waals surface area contributed by atoms with E-state index in [1.54, 1.807) is 4.90 Å². The summed E-state index contributed by atoms with van der Waals surface area (Å²) in [5, 5.41) is 2.77. The Hall–Kier alpha value is -1.11. The molecular formula is C16H30N2O4S. The van der Waals surface area contributed by atoms with Crippen LogP contribution < -0.4 is 5.32 Å². The van der Waals surface area contributed by atoms with Gasteiger partial charge in [-0.05, 0) is 12.8 Å². The molecule has 0 aromatic heterocycles.